The fourth-order valence-corrected chi connectivity index (χ4v) is 4.02. The van der Waals surface area contributed by atoms with Crippen molar-refractivity contribution in [2.45, 2.75) is 19.9 Å². The number of carbonyl (C=O) groups is 1. The lowest BCUT2D eigenvalue weighted by atomic mass is 9.95. The number of hydrogen-bond donors (Lipinski definition) is 1. The first-order valence-corrected chi connectivity index (χ1v) is 9.23. The van der Waals surface area contributed by atoms with Crippen molar-refractivity contribution in [2.75, 3.05) is 26.9 Å². The number of benzene rings is 1. The third-order valence-corrected chi connectivity index (χ3v) is 5.52. The molecule has 1 amide bonds. The molecule has 1 atom stereocenters. The molecule has 2 heterocycles. The number of hydrogen-bond acceptors (Lipinski definition) is 5. The smallest absolute Gasteiger partial charge is 0.229 e. The SMILES string of the molecule is COc1cccc2c1OCC(C(=O)N(CCO)Cc1sccc1C)C2. The van der Waals surface area contributed by atoms with Crippen LogP contribution < -0.4 is 9.47 Å². The van der Waals surface area contributed by atoms with Gasteiger partial charge in [0.15, 0.2) is 11.5 Å². The summed E-state index contributed by atoms with van der Waals surface area (Å²) in [6.45, 7) is 3.19. The third-order valence-electron chi connectivity index (χ3n) is 4.51. The van der Waals surface area contributed by atoms with Crippen LogP contribution in [0.4, 0.5) is 0 Å². The fraction of sp³-hybridized carbons (Fsp3) is 0.421. The number of thiophene rings is 1. The Balaban J connectivity index is 1.75. The summed E-state index contributed by atoms with van der Waals surface area (Å²) in [5, 5.41) is 11.4. The first-order valence-electron chi connectivity index (χ1n) is 8.35. The van der Waals surface area contributed by atoms with E-state index in [4.69, 9.17) is 9.47 Å². The van der Waals surface area contributed by atoms with Gasteiger partial charge in [-0.15, -0.1) is 11.3 Å². The first-order chi connectivity index (χ1) is 12.1. The molecule has 134 valence electrons. The van der Waals surface area contributed by atoms with E-state index in [1.165, 1.54) is 5.56 Å². The van der Waals surface area contributed by atoms with Gasteiger partial charge in [0.25, 0.3) is 0 Å². The number of aliphatic hydroxyl groups is 1. The van der Waals surface area contributed by atoms with E-state index in [9.17, 15) is 9.90 Å². The largest absolute Gasteiger partial charge is 0.493 e. The van der Waals surface area contributed by atoms with E-state index < -0.39 is 0 Å². The average Bonchev–Trinajstić information content (AvgIpc) is 3.04. The maximum absolute atomic E-state index is 13.0. The van der Waals surface area contributed by atoms with E-state index in [1.54, 1.807) is 23.3 Å². The van der Waals surface area contributed by atoms with Crippen molar-refractivity contribution in [3.05, 3.63) is 45.6 Å². The highest BCUT2D eigenvalue weighted by atomic mass is 32.1. The van der Waals surface area contributed by atoms with Crippen LogP contribution in [0.5, 0.6) is 11.5 Å². The average molecular weight is 361 g/mol. The van der Waals surface area contributed by atoms with E-state index in [-0.39, 0.29) is 18.4 Å². The second-order valence-electron chi connectivity index (χ2n) is 6.17. The summed E-state index contributed by atoms with van der Waals surface area (Å²) in [4.78, 5) is 15.9. The first kappa shape index (κ1) is 17.8. The van der Waals surface area contributed by atoms with Crippen LogP contribution in [0.1, 0.15) is 16.0 Å². The van der Waals surface area contributed by atoms with Gasteiger partial charge in [-0.05, 0) is 42.0 Å². The molecule has 1 aliphatic heterocycles. The second kappa shape index (κ2) is 7.89. The summed E-state index contributed by atoms with van der Waals surface area (Å²) in [5.41, 5.74) is 2.16. The van der Waals surface area contributed by atoms with Crippen LogP contribution in [-0.4, -0.2) is 42.8 Å². The zero-order valence-electron chi connectivity index (χ0n) is 14.5. The number of carbonyl (C=O) groups excluding carboxylic acids is 1. The molecule has 2 aromatic rings. The number of methoxy groups -OCH3 is 1. The Morgan fingerprint density at radius 1 is 1.44 bits per heavy atom. The van der Waals surface area contributed by atoms with Crippen LogP contribution in [-0.2, 0) is 17.8 Å². The van der Waals surface area contributed by atoms with Crippen LogP contribution >= 0.6 is 11.3 Å². The molecular weight excluding hydrogens is 338 g/mol. The highest BCUT2D eigenvalue weighted by Crippen LogP contribution is 2.36. The number of amides is 1. The summed E-state index contributed by atoms with van der Waals surface area (Å²) >= 11 is 1.64. The van der Waals surface area contributed by atoms with Crippen molar-refractivity contribution in [1.29, 1.82) is 0 Å². The van der Waals surface area contributed by atoms with Crippen molar-refractivity contribution in [3.63, 3.8) is 0 Å². The maximum Gasteiger partial charge on any atom is 0.229 e. The lowest BCUT2D eigenvalue weighted by Crippen LogP contribution is -2.41. The summed E-state index contributed by atoms with van der Waals surface area (Å²) in [5.74, 6) is 1.21. The second-order valence-corrected chi connectivity index (χ2v) is 7.17. The van der Waals surface area contributed by atoms with Crippen LogP contribution in [0, 0.1) is 12.8 Å². The van der Waals surface area contributed by atoms with Crippen molar-refractivity contribution < 1.29 is 19.4 Å². The van der Waals surface area contributed by atoms with Gasteiger partial charge in [-0.1, -0.05) is 12.1 Å². The van der Waals surface area contributed by atoms with E-state index in [1.807, 2.05) is 36.6 Å². The van der Waals surface area contributed by atoms with Gasteiger partial charge < -0.3 is 19.5 Å². The fourth-order valence-electron chi connectivity index (χ4n) is 3.10. The molecule has 0 spiro atoms. The summed E-state index contributed by atoms with van der Waals surface area (Å²) in [6.07, 6.45) is 0.622. The van der Waals surface area contributed by atoms with Gasteiger partial charge >= 0.3 is 0 Å². The van der Waals surface area contributed by atoms with Gasteiger partial charge in [0.05, 0.1) is 26.2 Å². The highest BCUT2D eigenvalue weighted by Gasteiger charge is 2.31. The Morgan fingerprint density at radius 3 is 2.96 bits per heavy atom. The zero-order chi connectivity index (χ0) is 17.8. The molecule has 0 aliphatic carbocycles. The number of rotatable bonds is 6. The number of fused-ring (bicyclic) bond motifs is 1. The van der Waals surface area contributed by atoms with E-state index in [0.717, 1.165) is 16.2 Å². The van der Waals surface area contributed by atoms with Gasteiger partial charge in [-0.25, -0.2) is 0 Å². The Hall–Kier alpha value is -2.05. The molecule has 1 aliphatic rings. The molecule has 3 rings (SSSR count). The lowest BCUT2D eigenvalue weighted by Gasteiger charge is -2.30. The standard InChI is InChI=1S/C19H23NO4S/c1-13-6-9-25-17(13)11-20(7-8-21)19(22)15-10-14-4-3-5-16(23-2)18(14)24-12-15/h3-6,9,15,21H,7-8,10-12H2,1-2H3. The minimum atomic E-state index is -0.244. The molecule has 1 N–H and O–H groups in total. The number of ether oxygens (including phenoxy) is 2. The molecule has 0 radical (unpaired) electrons. The van der Waals surface area contributed by atoms with E-state index >= 15 is 0 Å². The van der Waals surface area contributed by atoms with Crippen LogP contribution in [0.15, 0.2) is 29.6 Å². The summed E-state index contributed by atoms with van der Waals surface area (Å²) in [7, 11) is 1.61. The molecule has 5 nitrogen and oxygen atoms in total. The van der Waals surface area contributed by atoms with Crippen LogP contribution in [0.3, 0.4) is 0 Å². The van der Waals surface area contributed by atoms with Gasteiger partial charge in [-0.3, -0.25) is 4.79 Å². The van der Waals surface area contributed by atoms with Crippen molar-refractivity contribution in [1.82, 2.24) is 4.90 Å². The Morgan fingerprint density at radius 2 is 2.28 bits per heavy atom. The molecule has 1 unspecified atom stereocenters. The predicted octanol–water partition coefficient (Wildman–Crippen LogP) is 2.64. The number of para-hydroxylation sites is 1. The quantitative estimate of drug-likeness (QED) is 0.859. The van der Waals surface area contributed by atoms with Crippen molar-refractivity contribution in [2.24, 2.45) is 5.92 Å². The number of aliphatic hydroxyl groups excluding tert-OH is 1. The molecule has 25 heavy (non-hydrogen) atoms. The Kier molecular flexibility index (Phi) is 5.60. The highest BCUT2D eigenvalue weighted by molar-refractivity contribution is 7.10. The predicted molar refractivity (Wildman–Crippen MR) is 97.2 cm³/mol. The molecule has 1 aromatic carbocycles. The molecule has 0 saturated carbocycles. The number of aryl methyl sites for hydroxylation is 1. The lowest BCUT2D eigenvalue weighted by molar-refractivity contribution is -0.138. The Bertz CT molecular complexity index is 743. The van der Waals surface area contributed by atoms with E-state index in [0.29, 0.717) is 31.9 Å². The third kappa shape index (κ3) is 3.80. The summed E-state index contributed by atoms with van der Waals surface area (Å²) in [6, 6.07) is 7.79. The van der Waals surface area contributed by atoms with E-state index in [2.05, 4.69) is 0 Å². The minimum absolute atomic E-state index is 0.0234. The molecule has 0 saturated heterocycles. The number of nitrogens with zero attached hydrogens (tertiary/aromatic N) is 1. The zero-order valence-corrected chi connectivity index (χ0v) is 15.3. The normalized spacial score (nSPS) is 16.0. The van der Waals surface area contributed by atoms with Crippen LogP contribution in [0.25, 0.3) is 0 Å². The molecular formula is C19H23NO4S. The van der Waals surface area contributed by atoms with Gasteiger partial charge in [0.2, 0.25) is 5.91 Å². The molecule has 6 heteroatoms. The Labute approximate surface area is 151 Å². The van der Waals surface area contributed by atoms with Crippen molar-refractivity contribution in [3.8, 4) is 11.5 Å². The molecule has 0 fully saturated rings. The van der Waals surface area contributed by atoms with Gasteiger partial charge in [0.1, 0.15) is 6.61 Å². The van der Waals surface area contributed by atoms with Crippen LogP contribution in [0.2, 0.25) is 0 Å². The molecule has 0 bridgehead atoms. The monoisotopic (exact) mass is 361 g/mol. The maximum atomic E-state index is 13.0. The topological polar surface area (TPSA) is 59.0 Å². The van der Waals surface area contributed by atoms with Crippen molar-refractivity contribution >= 4 is 17.2 Å². The van der Waals surface area contributed by atoms with Gasteiger partial charge in [0, 0.05) is 11.4 Å². The minimum Gasteiger partial charge on any atom is -0.493 e. The van der Waals surface area contributed by atoms with Gasteiger partial charge in [-0.2, -0.15) is 0 Å². The molecule has 1 aromatic heterocycles. The summed E-state index contributed by atoms with van der Waals surface area (Å²) < 4.78 is 11.2.